The lowest BCUT2D eigenvalue weighted by Crippen LogP contribution is -2.42. The van der Waals surface area contributed by atoms with Gasteiger partial charge in [-0.2, -0.15) is 10.4 Å². The molecule has 8 nitrogen and oxygen atoms in total. The maximum Gasteiger partial charge on any atom is 0.271 e. The first-order valence-corrected chi connectivity index (χ1v) is 10.9. The molecular weight excluding hydrogens is 414 g/mol. The number of rotatable bonds is 5. The quantitative estimate of drug-likeness (QED) is 0.465. The number of aromatic nitrogens is 5. The summed E-state index contributed by atoms with van der Waals surface area (Å²) in [6.45, 7) is 11.6. The summed E-state index contributed by atoms with van der Waals surface area (Å²) in [5, 5.41) is 17.5. The van der Waals surface area contributed by atoms with Gasteiger partial charge in [-0.1, -0.05) is 6.07 Å². The number of carbonyl (C=O) groups is 1. The third-order valence-electron chi connectivity index (χ3n) is 5.61. The second kappa shape index (κ2) is 8.17. The predicted molar refractivity (Wildman–Crippen MR) is 128 cm³/mol. The zero-order valence-electron chi connectivity index (χ0n) is 19.7. The highest BCUT2D eigenvalue weighted by Crippen LogP contribution is 2.32. The van der Waals surface area contributed by atoms with E-state index in [1.807, 2.05) is 23.7 Å². The minimum absolute atomic E-state index is 0.249. The van der Waals surface area contributed by atoms with Crippen molar-refractivity contribution in [3.63, 3.8) is 0 Å². The molecule has 0 unspecified atom stereocenters. The number of hydrogen-bond acceptors (Lipinski definition) is 5. The van der Waals surface area contributed by atoms with Gasteiger partial charge in [-0.3, -0.25) is 9.48 Å². The molecule has 0 aliphatic carbocycles. The average Bonchev–Trinajstić information content (AvgIpc) is 3.33. The predicted octanol–water partition coefficient (Wildman–Crippen LogP) is 4.72. The van der Waals surface area contributed by atoms with E-state index in [1.165, 1.54) is 0 Å². The molecule has 0 aliphatic heterocycles. The van der Waals surface area contributed by atoms with Crippen molar-refractivity contribution in [1.29, 1.82) is 5.26 Å². The van der Waals surface area contributed by atoms with E-state index >= 15 is 0 Å². The first-order valence-electron chi connectivity index (χ1n) is 10.9. The lowest BCUT2D eigenvalue weighted by Gasteiger charge is -2.17. The monoisotopic (exact) mass is 441 g/mol. The summed E-state index contributed by atoms with van der Waals surface area (Å²) < 4.78 is 1.96. The lowest BCUT2D eigenvalue weighted by atomic mass is 10.1. The van der Waals surface area contributed by atoms with Crippen molar-refractivity contribution in [3.8, 4) is 28.6 Å². The molecule has 4 aromatic rings. The number of nitriles is 1. The van der Waals surface area contributed by atoms with E-state index in [2.05, 4.69) is 58.4 Å². The fourth-order valence-electron chi connectivity index (χ4n) is 3.70. The molecule has 0 spiro atoms. The van der Waals surface area contributed by atoms with Crippen LogP contribution < -0.4 is 5.32 Å². The maximum absolute atomic E-state index is 12.6. The zero-order chi connectivity index (χ0) is 23.9. The topological polar surface area (TPSA) is 112 Å². The van der Waals surface area contributed by atoms with Crippen molar-refractivity contribution >= 4 is 16.9 Å². The number of amides is 1. The number of nitrogens with one attached hydrogen (secondary N) is 2. The van der Waals surface area contributed by atoms with Gasteiger partial charge in [0, 0.05) is 34.9 Å². The Kier molecular flexibility index (Phi) is 5.50. The number of H-pyrrole nitrogens is 1. The second-order valence-electron chi connectivity index (χ2n) is 9.05. The van der Waals surface area contributed by atoms with Crippen LogP contribution in [-0.4, -0.2) is 36.2 Å². The Morgan fingerprint density at radius 3 is 2.70 bits per heavy atom. The van der Waals surface area contributed by atoms with Crippen LogP contribution in [0.5, 0.6) is 0 Å². The van der Waals surface area contributed by atoms with Crippen LogP contribution in [0.15, 0.2) is 36.7 Å². The molecule has 0 radical (unpaired) electrons. The lowest BCUT2D eigenvalue weighted by molar-refractivity contribution is 0.0924. The van der Waals surface area contributed by atoms with Gasteiger partial charge >= 0.3 is 0 Å². The van der Waals surface area contributed by atoms with Gasteiger partial charge in [0.25, 0.3) is 5.91 Å². The van der Waals surface area contributed by atoms with Gasteiger partial charge in [-0.15, -0.1) is 0 Å². The van der Waals surface area contributed by atoms with E-state index in [1.54, 1.807) is 32.2 Å². The van der Waals surface area contributed by atoms with E-state index < -0.39 is 11.4 Å². The van der Waals surface area contributed by atoms with Gasteiger partial charge in [0.2, 0.25) is 0 Å². The maximum atomic E-state index is 12.6. The molecule has 4 heterocycles. The van der Waals surface area contributed by atoms with E-state index in [-0.39, 0.29) is 11.7 Å². The van der Waals surface area contributed by atoms with Gasteiger partial charge in [0.15, 0.2) is 0 Å². The highest BCUT2D eigenvalue weighted by atomic mass is 16.2. The summed E-state index contributed by atoms with van der Waals surface area (Å²) in [4.78, 5) is 25.1. The first kappa shape index (κ1) is 22.2. The third kappa shape index (κ3) is 4.22. The van der Waals surface area contributed by atoms with Gasteiger partial charge < -0.3 is 10.3 Å². The summed E-state index contributed by atoms with van der Waals surface area (Å²) in [5.41, 5.74) is 5.59. The molecule has 33 heavy (non-hydrogen) atoms. The fourth-order valence-corrected chi connectivity index (χ4v) is 3.70. The van der Waals surface area contributed by atoms with Gasteiger partial charge in [0.1, 0.15) is 16.9 Å². The number of hydrogen-bond donors (Lipinski definition) is 2. The van der Waals surface area contributed by atoms with Crippen LogP contribution in [-0.2, 0) is 0 Å². The highest BCUT2D eigenvalue weighted by molar-refractivity contribution is 5.94. The van der Waals surface area contributed by atoms with Crippen molar-refractivity contribution in [3.05, 3.63) is 53.6 Å². The van der Waals surface area contributed by atoms with Crippen molar-refractivity contribution < 1.29 is 4.79 Å². The molecule has 168 valence electrons. The first-order chi connectivity index (χ1) is 15.6. The molecule has 0 saturated carbocycles. The van der Waals surface area contributed by atoms with E-state index in [0.717, 1.165) is 39.1 Å². The molecule has 8 heteroatoms. The van der Waals surface area contributed by atoms with Gasteiger partial charge in [-0.25, -0.2) is 9.97 Å². The molecule has 0 aliphatic rings. The van der Waals surface area contributed by atoms with Gasteiger partial charge in [0.05, 0.1) is 23.2 Å². The molecule has 2 N–H and O–H groups in total. The van der Waals surface area contributed by atoms with Crippen molar-refractivity contribution in [2.75, 3.05) is 0 Å². The average molecular weight is 442 g/mol. The number of nitrogens with zero attached hydrogens (tertiary/aromatic N) is 5. The SMILES string of the molecule is Cc1nn(C(C)C)cc1-c1[nH]c2ncc(-c3cccc(C(=O)NC(C)(C)C#N)n3)cc2c1C. The minimum atomic E-state index is -0.977. The van der Waals surface area contributed by atoms with Crippen LogP contribution in [0.1, 0.15) is 55.5 Å². The van der Waals surface area contributed by atoms with Crippen molar-refractivity contribution in [2.24, 2.45) is 0 Å². The largest absolute Gasteiger partial charge is 0.339 e. The smallest absolute Gasteiger partial charge is 0.271 e. The Hall–Kier alpha value is -3.99. The van der Waals surface area contributed by atoms with Crippen LogP contribution in [0.3, 0.4) is 0 Å². The third-order valence-corrected chi connectivity index (χ3v) is 5.61. The molecular formula is C25H27N7O. The van der Waals surface area contributed by atoms with Crippen molar-refractivity contribution in [2.45, 2.75) is 53.1 Å². The second-order valence-corrected chi connectivity index (χ2v) is 9.05. The number of carbonyl (C=O) groups excluding carboxylic acids is 1. The van der Waals surface area contributed by atoms with E-state index in [0.29, 0.717) is 5.69 Å². The van der Waals surface area contributed by atoms with Crippen LogP contribution in [0, 0.1) is 25.2 Å². The van der Waals surface area contributed by atoms with E-state index in [4.69, 9.17) is 0 Å². The zero-order valence-corrected chi connectivity index (χ0v) is 19.7. The molecule has 4 rings (SSSR count). The van der Waals surface area contributed by atoms with Crippen LogP contribution in [0.4, 0.5) is 0 Å². The molecule has 0 fully saturated rings. The summed E-state index contributed by atoms with van der Waals surface area (Å²) in [6.07, 6.45) is 3.81. The standard InChI is InChI=1S/C25H27N7O/c1-14(2)32-12-19(16(4)31-32)22-15(3)18-10-17(11-27-23(18)29-22)20-8-7-9-21(28-20)24(33)30-25(5,6)13-26/h7-12,14H,1-6H3,(H,27,29)(H,30,33). The number of pyridine rings is 2. The Morgan fingerprint density at radius 1 is 1.27 bits per heavy atom. The molecule has 0 bridgehead atoms. The highest BCUT2D eigenvalue weighted by Gasteiger charge is 2.21. The molecule has 1 amide bonds. The summed E-state index contributed by atoms with van der Waals surface area (Å²) in [5.74, 6) is -0.393. The molecule has 0 aromatic carbocycles. The van der Waals surface area contributed by atoms with E-state index in [9.17, 15) is 10.1 Å². The minimum Gasteiger partial charge on any atom is -0.339 e. The number of aryl methyl sites for hydroxylation is 2. The Morgan fingerprint density at radius 2 is 2.03 bits per heavy atom. The summed E-state index contributed by atoms with van der Waals surface area (Å²) >= 11 is 0. The van der Waals surface area contributed by atoms with Crippen LogP contribution in [0.25, 0.3) is 33.5 Å². The van der Waals surface area contributed by atoms with Crippen LogP contribution >= 0.6 is 0 Å². The Labute approximate surface area is 192 Å². The molecule has 4 aromatic heterocycles. The summed E-state index contributed by atoms with van der Waals surface area (Å²) in [7, 11) is 0. The fraction of sp³-hybridized carbons (Fsp3) is 0.320. The Balaban J connectivity index is 1.72. The molecule has 0 saturated heterocycles. The normalized spacial score (nSPS) is 11.7. The Bertz CT molecular complexity index is 1400. The van der Waals surface area contributed by atoms with Crippen molar-refractivity contribution in [1.82, 2.24) is 30.0 Å². The number of aromatic amines is 1. The number of fused-ring (bicyclic) bond motifs is 1. The summed E-state index contributed by atoms with van der Waals surface area (Å²) in [6, 6.07) is 9.62. The molecule has 0 atom stereocenters. The van der Waals surface area contributed by atoms with Gasteiger partial charge in [-0.05, 0) is 65.3 Å². The van der Waals surface area contributed by atoms with Crippen LogP contribution in [0.2, 0.25) is 0 Å².